The second-order valence-electron chi connectivity index (χ2n) is 3.66. The van der Waals surface area contributed by atoms with Crippen molar-refractivity contribution in [1.82, 2.24) is 4.98 Å². The summed E-state index contributed by atoms with van der Waals surface area (Å²) in [5.41, 5.74) is -0.0865. The number of carbonyl (C=O) groups is 1. The van der Waals surface area contributed by atoms with Crippen LogP contribution in [0.4, 0.5) is 13.2 Å². The number of hydrogen-bond donors (Lipinski definition) is 2. The minimum atomic E-state index is -4.40. The Kier molecular flexibility index (Phi) is 4.15. The van der Waals surface area contributed by atoms with Crippen molar-refractivity contribution >= 4 is 35.7 Å². The molecule has 0 fully saturated rings. The van der Waals surface area contributed by atoms with Crippen LogP contribution in [0.5, 0.6) is 0 Å². The molecule has 0 spiro atoms. The molecule has 7 heteroatoms. The van der Waals surface area contributed by atoms with Crippen molar-refractivity contribution in [2.45, 2.75) is 12.6 Å². The number of carboxylic acid groups (broad SMARTS) is 1. The van der Waals surface area contributed by atoms with Gasteiger partial charge in [-0.1, -0.05) is 6.07 Å². The number of carboxylic acids is 1. The summed E-state index contributed by atoms with van der Waals surface area (Å²) < 4.78 is 37.3. The van der Waals surface area contributed by atoms with E-state index in [4.69, 9.17) is 5.11 Å². The van der Waals surface area contributed by atoms with E-state index in [2.05, 4.69) is 4.98 Å². The first-order valence-corrected chi connectivity index (χ1v) is 4.77. The third-order valence-corrected chi connectivity index (χ3v) is 2.35. The monoisotopic (exact) mass is 251 g/mol. The molecule has 1 heterocycles. The molecule has 0 aliphatic carbocycles. The van der Waals surface area contributed by atoms with E-state index < -0.39 is 17.7 Å². The van der Waals surface area contributed by atoms with E-state index in [9.17, 15) is 18.0 Å². The number of nitrogens with one attached hydrogen (secondary N) is 1. The zero-order valence-corrected chi connectivity index (χ0v) is 8.51. The van der Waals surface area contributed by atoms with Gasteiger partial charge in [0.05, 0.1) is 12.0 Å². The normalized spacial score (nSPS) is 11.3. The van der Waals surface area contributed by atoms with Gasteiger partial charge in [-0.15, -0.1) is 0 Å². The number of benzene rings is 1. The van der Waals surface area contributed by atoms with Crippen molar-refractivity contribution in [3.05, 3.63) is 35.5 Å². The van der Waals surface area contributed by atoms with E-state index in [0.29, 0.717) is 11.1 Å². The van der Waals surface area contributed by atoms with Crippen LogP contribution < -0.4 is 0 Å². The first-order chi connectivity index (χ1) is 7.86. The molecule has 3 nitrogen and oxygen atoms in total. The number of hydrogen-bond acceptors (Lipinski definition) is 1. The van der Waals surface area contributed by atoms with Crippen LogP contribution in [0.25, 0.3) is 10.9 Å². The average Bonchev–Trinajstić information content (AvgIpc) is 2.55. The molecule has 1 aromatic carbocycles. The second-order valence-corrected chi connectivity index (χ2v) is 3.66. The Morgan fingerprint density at radius 2 is 1.94 bits per heavy atom. The standard InChI is InChI=1S/C11H8F3NO2.Li.H/c12-11(13,14)7-2-1-6-3-8(5-10(16)17)15-9(6)4-7;;/h1-4,15H,5H2,(H,16,17);;. The van der Waals surface area contributed by atoms with Gasteiger partial charge in [0, 0.05) is 11.2 Å². The Labute approximate surface area is 112 Å². The van der Waals surface area contributed by atoms with Crippen LogP contribution in [0.3, 0.4) is 0 Å². The molecule has 2 N–H and O–H groups in total. The molecule has 0 unspecified atom stereocenters. The van der Waals surface area contributed by atoms with Crippen molar-refractivity contribution in [3.63, 3.8) is 0 Å². The fourth-order valence-corrected chi connectivity index (χ4v) is 1.62. The number of rotatable bonds is 2. The molecule has 0 aliphatic heterocycles. The van der Waals surface area contributed by atoms with E-state index in [0.717, 1.165) is 12.1 Å². The van der Waals surface area contributed by atoms with Crippen molar-refractivity contribution in [3.8, 4) is 0 Å². The minimum absolute atomic E-state index is 0. The topological polar surface area (TPSA) is 53.1 Å². The van der Waals surface area contributed by atoms with Gasteiger partial charge in [0.25, 0.3) is 0 Å². The van der Waals surface area contributed by atoms with Crippen LogP contribution in [0, 0.1) is 0 Å². The molecule has 18 heavy (non-hydrogen) atoms. The summed E-state index contributed by atoms with van der Waals surface area (Å²) in [4.78, 5) is 13.1. The maximum atomic E-state index is 12.4. The molecule has 0 amide bonds. The molecule has 0 aliphatic rings. The third kappa shape index (κ3) is 3.09. The molecule has 0 atom stereocenters. The molecule has 0 saturated heterocycles. The zero-order valence-electron chi connectivity index (χ0n) is 8.51. The van der Waals surface area contributed by atoms with E-state index >= 15 is 0 Å². The Bertz CT molecular complexity index is 577. The summed E-state index contributed by atoms with van der Waals surface area (Å²) in [6.07, 6.45) is -4.64. The molecule has 2 rings (SSSR count). The summed E-state index contributed by atoms with van der Waals surface area (Å²) in [5, 5.41) is 9.14. The van der Waals surface area contributed by atoms with E-state index in [1.54, 1.807) is 0 Å². The summed E-state index contributed by atoms with van der Waals surface area (Å²) in [6, 6.07) is 4.80. The first kappa shape index (κ1) is 14.7. The van der Waals surface area contributed by atoms with Crippen molar-refractivity contribution in [2.75, 3.05) is 0 Å². The fraction of sp³-hybridized carbons (Fsp3) is 0.182. The quantitative estimate of drug-likeness (QED) is 0.803. The van der Waals surface area contributed by atoms with Gasteiger partial charge in [-0.3, -0.25) is 4.79 Å². The summed E-state index contributed by atoms with van der Waals surface area (Å²) >= 11 is 0. The zero-order chi connectivity index (χ0) is 12.6. The van der Waals surface area contributed by atoms with Gasteiger partial charge < -0.3 is 10.1 Å². The molecular weight excluding hydrogens is 242 g/mol. The molecular formula is C11H9F3LiNO2. The van der Waals surface area contributed by atoms with Gasteiger partial charge in [-0.2, -0.15) is 13.2 Å². The van der Waals surface area contributed by atoms with E-state index in [-0.39, 0.29) is 30.8 Å². The van der Waals surface area contributed by atoms with Crippen molar-refractivity contribution < 1.29 is 23.1 Å². The SMILES string of the molecule is O=C(O)Cc1cc2ccc(C(F)(F)F)cc2[nH]1.[LiH]. The Hall–Kier alpha value is -1.38. The molecule has 0 radical (unpaired) electrons. The van der Waals surface area contributed by atoms with Crippen LogP contribution in [0.2, 0.25) is 0 Å². The van der Waals surface area contributed by atoms with Crippen molar-refractivity contribution in [1.29, 1.82) is 0 Å². The molecule has 92 valence electrons. The average molecular weight is 251 g/mol. The maximum absolute atomic E-state index is 12.4. The number of aliphatic carboxylic acids is 1. The van der Waals surface area contributed by atoms with Gasteiger partial charge in [-0.05, 0) is 23.6 Å². The fourth-order valence-electron chi connectivity index (χ4n) is 1.62. The number of aromatic nitrogens is 1. The Morgan fingerprint density at radius 1 is 1.28 bits per heavy atom. The van der Waals surface area contributed by atoms with Crippen molar-refractivity contribution in [2.24, 2.45) is 0 Å². The van der Waals surface area contributed by atoms with Crippen LogP contribution in [0.1, 0.15) is 11.3 Å². The summed E-state index contributed by atoms with van der Waals surface area (Å²) in [5.74, 6) is -1.03. The van der Waals surface area contributed by atoms with Gasteiger partial charge in [0.1, 0.15) is 0 Å². The van der Waals surface area contributed by atoms with Crippen LogP contribution in [-0.2, 0) is 17.4 Å². The summed E-state index contributed by atoms with van der Waals surface area (Å²) in [6.45, 7) is 0. The number of aromatic amines is 1. The third-order valence-electron chi connectivity index (χ3n) is 2.35. The van der Waals surface area contributed by atoms with Gasteiger partial charge in [0.2, 0.25) is 0 Å². The van der Waals surface area contributed by atoms with Crippen LogP contribution in [0.15, 0.2) is 24.3 Å². The number of fused-ring (bicyclic) bond motifs is 1. The molecule has 0 saturated carbocycles. The van der Waals surface area contributed by atoms with Gasteiger partial charge in [0.15, 0.2) is 0 Å². The molecule has 1 aromatic heterocycles. The molecule has 0 bridgehead atoms. The van der Waals surface area contributed by atoms with Crippen LogP contribution >= 0.6 is 0 Å². The van der Waals surface area contributed by atoms with Crippen LogP contribution in [-0.4, -0.2) is 34.9 Å². The van der Waals surface area contributed by atoms with E-state index in [1.165, 1.54) is 12.1 Å². The molecule has 2 aromatic rings. The summed E-state index contributed by atoms with van der Waals surface area (Å²) in [7, 11) is 0. The predicted molar refractivity (Wildman–Crippen MR) is 61.8 cm³/mol. The Balaban J connectivity index is 0.00000162. The predicted octanol–water partition coefficient (Wildman–Crippen LogP) is 2.17. The number of alkyl halides is 3. The van der Waals surface area contributed by atoms with Gasteiger partial charge >= 0.3 is 31.0 Å². The van der Waals surface area contributed by atoms with Gasteiger partial charge in [-0.25, -0.2) is 0 Å². The Morgan fingerprint density at radius 3 is 2.50 bits per heavy atom. The first-order valence-electron chi connectivity index (χ1n) is 4.77. The van der Waals surface area contributed by atoms with E-state index in [1.807, 2.05) is 0 Å². The number of H-pyrrole nitrogens is 1. The second kappa shape index (κ2) is 5.08. The number of halogens is 3.